The van der Waals surface area contributed by atoms with Crippen molar-refractivity contribution in [3.8, 4) is 0 Å². The van der Waals surface area contributed by atoms with Crippen molar-refractivity contribution in [2.75, 3.05) is 0 Å². The van der Waals surface area contributed by atoms with Gasteiger partial charge in [-0.3, -0.25) is 4.79 Å². The van der Waals surface area contributed by atoms with Gasteiger partial charge < -0.3 is 9.88 Å². The average Bonchev–Trinajstić information content (AvgIpc) is 2.85. The second-order valence-corrected chi connectivity index (χ2v) is 4.83. The molecule has 5 nitrogen and oxygen atoms in total. The Morgan fingerprint density at radius 1 is 1.59 bits per heavy atom. The largest absolute Gasteiger partial charge is 0.349 e. The van der Waals surface area contributed by atoms with Gasteiger partial charge in [0.25, 0.3) is 0 Å². The molecule has 2 aromatic heterocycles. The normalized spacial score (nSPS) is 10.5. The molecule has 0 aliphatic carbocycles. The maximum Gasteiger partial charge on any atom is 0.226 e. The Bertz CT molecular complexity index is 517. The fourth-order valence-electron chi connectivity index (χ4n) is 1.46. The highest BCUT2D eigenvalue weighted by atomic mass is 32.1. The lowest BCUT2D eigenvalue weighted by atomic mass is 10.3. The van der Waals surface area contributed by atoms with Crippen LogP contribution in [0, 0.1) is 6.92 Å². The van der Waals surface area contributed by atoms with Crippen LogP contribution in [0.4, 0.5) is 0 Å². The Morgan fingerprint density at radius 2 is 2.41 bits per heavy atom. The number of imidazole rings is 1. The van der Waals surface area contributed by atoms with Crippen LogP contribution in [0.15, 0.2) is 17.8 Å². The van der Waals surface area contributed by atoms with E-state index < -0.39 is 0 Å². The fraction of sp³-hybridized carbons (Fsp3) is 0.364. The van der Waals surface area contributed by atoms with Gasteiger partial charge in [0.1, 0.15) is 5.82 Å². The summed E-state index contributed by atoms with van der Waals surface area (Å²) in [5.74, 6) is 0.811. The van der Waals surface area contributed by atoms with E-state index in [1.807, 2.05) is 30.1 Å². The van der Waals surface area contributed by atoms with Gasteiger partial charge >= 0.3 is 0 Å². The number of nitrogens with one attached hydrogen (secondary N) is 1. The van der Waals surface area contributed by atoms with E-state index in [0.717, 1.165) is 16.5 Å². The number of aromatic nitrogens is 3. The maximum atomic E-state index is 11.6. The summed E-state index contributed by atoms with van der Waals surface area (Å²) in [5.41, 5.74) is 0.824. The Balaban J connectivity index is 1.84. The molecule has 2 heterocycles. The van der Waals surface area contributed by atoms with Crippen molar-refractivity contribution in [3.05, 3.63) is 34.3 Å². The Kier molecular flexibility index (Phi) is 3.53. The number of carbonyl (C=O) groups excluding carboxylic acids is 1. The van der Waals surface area contributed by atoms with E-state index >= 15 is 0 Å². The molecule has 0 unspecified atom stereocenters. The lowest BCUT2D eigenvalue weighted by Gasteiger charge is -2.04. The molecule has 0 bridgehead atoms. The molecular weight excluding hydrogens is 236 g/mol. The second kappa shape index (κ2) is 5.09. The summed E-state index contributed by atoms with van der Waals surface area (Å²) in [4.78, 5) is 20.0. The molecule has 0 saturated carbocycles. The minimum absolute atomic E-state index is 0.0294. The van der Waals surface area contributed by atoms with Gasteiger partial charge in [-0.1, -0.05) is 0 Å². The van der Waals surface area contributed by atoms with Gasteiger partial charge in [0.05, 0.1) is 23.7 Å². The molecule has 0 saturated heterocycles. The van der Waals surface area contributed by atoms with E-state index in [9.17, 15) is 4.79 Å². The molecule has 2 rings (SSSR count). The molecule has 17 heavy (non-hydrogen) atoms. The zero-order valence-corrected chi connectivity index (χ0v) is 10.6. The summed E-state index contributed by atoms with van der Waals surface area (Å²) in [6.07, 6.45) is 3.89. The molecule has 6 heteroatoms. The van der Waals surface area contributed by atoms with Crippen molar-refractivity contribution in [1.82, 2.24) is 19.9 Å². The molecule has 1 N–H and O–H groups in total. The van der Waals surface area contributed by atoms with Crippen LogP contribution in [0.25, 0.3) is 0 Å². The van der Waals surface area contributed by atoms with E-state index in [4.69, 9.17) is 0 Å². The zero-order chi connectivity index (χ0) is 12.3. The molecule has 90 valence electrons. The van der Waals surface area contributed by atoms with Crippen LogP contribution in [0.3, 0.4) is 0 Å². The van der Waals surface area contributed by atoms with E-state index in [2.05, 4.69) is 15.3 Å². The number of amides is 1. The molecule has 0 aromatic carbocycles. The van der Waals surface area contributed by atoms with Crippen molar-refractivity contribution in [2.24, 2.45) is 7.05 Å². The molecular formula is C11H14N4OS. The summed E-state index contributed by atoms with van der Waals surface area (Å²) in [7, 11) is 1.90. The number of thiazole rings is 1. The number of carbonyl (C=O) groups is 1. The number of hydrogen-bond donors (Lipinski definition) is 1. The van der Waals surface area contributed by atoms with Crippen molar-refractivity contribution in [1.29, 1.82) is 0 Å². The molecule has 0 aliphatic rings. The third kappa shape index (κ3) is 3.13. The number of hydrogen-bond acceptors (Lipinski definition) is 4. The molecule has 0 radical (unpaired) electrons. The smallest absolute Gasteiger partial charge is 0.226 e. The molecule has 0 spiro atoms. The summed E-state index contributed by atoms with van der Waals surface area (Å²) < 4.78 is 1.88. The highest BCUT2D eigenvalue weighted by Gasteiger charge is 2.07. The van der Waals surface area contributed by atoms with Crippen LogP contribution in [-0.2, 0) is 24.8 Å². The van der Waals surface area contributed by atoms with Gasteiger partial charge in [-0.15, -0.1) is 11.3 Å². The summed E-state index contributed by atoms with van der Waals surface area (Å²) >= 11 is 1.56. The van der Waals surface area contributed by atoms with Gasteiger partial charge in [-0.2, -0.15) is 0 Å². The van der Waals surface area contributed by atoms with Crippen LogP contribution in [0.1, 0.15) is 16.5 Å². The maximum absolute atomic E-state index is 11.6. The third-order valence-electron chi connectivity index (χ3n) is 2.37. The summed E-state index contributed by atoms with van der Waals surface area (Å²) in [6, 6.07) is 0. The first kappa shape index (κ1) is 11.8. The minimum atomic E-state index is -0.0294. The van der Waals surface area contributed by atoms with E-state index in [0.29, 0.717) is 13.0 Å². The second-order valence-electron chi connectivity index (χ2n) is 3.77. The van der Waals surface area contributed by atoms with Crippen LogP contribution in [-0.4, -0.2) is 20.4 Å². The van der Waals surface area contributed by atoms with Gasteiger partial charge in [-0.25, -0.2) is 9.97 Å². The fourth-order valence-corrected chi connectivity index (χ4v) is 2.07. The van der Waals surface area contributed by atoms with Gasteiger partial charge in [0, 0.05) is 24.8 Å². The standard InChI is InChI=1S/C11H14N4OS/c1-8-14-9(7-17-8)5-11(16)13-6-10-12-3-4-15(10)2/h3-4,7H,5-6H2,1-2H3,(H,13,16). The first-order valence-corrected chi connectivity index (χ1v) is 6.17. The first-order chi connectivity index (χ1) is 8.15. The summed E-state index contributed by atoms with van der Waals surface area (Å²) in [5, 5.41) is 5.72. The Labute approximate surface area is 104 Å². The number of aryl methyl sites for hydroxylation is 2. The number of rotatable bonds is 4. The number of nitrogens with zero attached hydrogens (tertiary/aromatic N) is 3. The third-order valence-corrected chi connectivity index (χ3v) is 3.20. The van der Waals surface area contributed by atoms with E-state index in [1.54, 1.807) is 17.5 Å². The lowest BCUT2D eigenvalue weighted by molar-refractivity contribution is -0.120. The SMILES string of the molecule is Cc1nc(CC(=O)NCc2nccn2C)cs1. The predicted octanol–water partition coefficient (Wildman–Crippen LogP) is 1.04. The quantitative estimate of drug-likeness (QED) is 0.882. The molecule has 0 fully saturated rings. The van der Waals surface area contributed by atoms with Crippen molar-refractivity contribution in [3.63, 3.8) is 0 Å². The highest BCUT2D eigenvalue weighted by molar-refractivity contribution is 7.09. The van der Waals surface area contributed by atoms with Crippen LogP contribution < -0.4 is 5.32 Å². The molecule has 2 aromatic rings. The molecule has 0 atom stereocenters. The van der Waals surface area contributed by atoms with Crippen molar-refractivity contribution in [2.45, 2.75) is 19.9 Å². The van der Waals surface area contributed by atoms with E-state index in [1.165, 1.54) is 0 Å². The van der Waals surface area contributed by atoms with Gasteiger partial charge in [0.2, 0.25) is 5.91 Å². The Morgan fingerprint density at radius 3 is 3.00 bits per heavy atom. The molecule has 0 aliphatic heterocycles. The Hall–Kier alpha value is -1.69. The van der Waals surface area contributed by atoms with Crippen LogP contribution in [0.2, 0.25) is 0 Å². The predicted molar refractivity (Wildman–Crippen MR) is 65.6 cm³/mol. The van der Waals surface area contributed by atoms with E-state index in [-0.39, 0.29) is 5.91 Å². The van der Waals surface area contributed by atoms with Crippen LogP contribution >= 0.6 is 11.3 Å². The topological polar surface area (TPSA) is 59.8 Å². The van der Waals surface area contributed by atoms with Crippen molar-refractivity contribution < 1.29 is 4.79 Å². The van der Waals surface area contributed by atoms with Gasteiger partial charge in [-0.05, 0) is 6.92 Å². The minimum Gasteiger partial charge on any atom is -0.349 e. The monoisotopic (exact) mass is 250 g/mol. The highest BCUT2D eigenvalue weighted by Crippen LogP contribution is 2.08. The van der Waals surface area contributed by atoms with Crippen LogP contribution in [0.5, 0.6) is 0 Å². The van der Waals surface area contributed by atoms with Crippen molar-refractivity contribution >= 4 is 17.2 Å². The molecule has 1 amide bonds. The average molecular weight is 250 g/mol. The zero-order valence-electron chi connectivity index (χ0n) is 9.80. The summed E-state index contributed by atoms with van der Waals surface area (Å²) in [6.45, 7) is 2.38. The first-order valence-electron chi connectivity index (χ1n) is 5.29. The van der Waals surface area contributed by atoms with Gasteiger partial charge in [0.15, 0.2) is 0 Å². The lowest BCUT2D eigenvalue weighted by Crippen LogP contribution is -2.26.